The first kappa shape index (κ1) is 22.6. The number of hydrogen-bond acceptors (Lipinski definition) is 4. The van der Waals surface area contributed by atoms with E-state index in [0.717, 1.165) is 16.8 Å². The molecule has 31 heavy (non-hydrogen) atoms. The fourth-order valence-corrected chi connectivity index (χ4v) is 3.39. The van der Waals surface area contributed by atoms with Gasteiger partial charge < -0.3 is 20.1 Å². The number of hydrazine groups is 1. The quantitative estimate of drug-likeness (QED) is 0.298. The molecule has 0 spiro atoms. The molecule has 4 N–H and O–H groups in total. The van der Waals surface area contributed by atoms with Gasteiger partial charge in [-0.3, -0.25) is 10.9 Å². The maximum atomic E-state index is 6.13. The van der Waals surface area contributed by atoms with Gasteiger partial charge in [0, 0.05) is 23.4 Å². The van der Waals surface area contributed by atoms with Gasteiger partial charge in [-0.2, -0.15) is 0 Å². The van der Waals surface area contributed by atoms with E-state index in [1.165, 1.54) is 7.11 Å². The van der Waals surface area contributed by atoms with Crippen molar-refractivity contribution in [1.29, 1.82) is 0 Å². The summed E-state index contributed by atoms with van der Waals surface area (Å²) in [6, 6.07) is 21.3. The maximum Gasteiger partial charge on any atom is 0.189 e. The van der Waals surface area contributed by atoms with Crippen LogP contribution in [0.5, 0.6) is 11.5 Å². The lowest BCUT2D eigenvalue weighted by molar-refractivity contribution is 0.405. The highest BCUT2D eigenvalue weighted by Gasteiger charge is 2.11. The zero-order valence-corrected chi connectivity index (χ0v) is 19.3. The van der Waals surface area contributed by atoms with E-state index in [0.29, 0.717) is 27.3 Å². The van der Waals surface area contributed by atoms with E-state index in [2.05, 4.69) is 21.5 Å². The lowest BCUT2D eigenvalue weighted by atomic mass is 10.0. The Morgan fingerprint density at radius 2 is 1.32 bits per heavy atom. The molecular formula is C22H21ClN4O2S2. The van der Waals surface area contributed by atoms with Crippen LogP contribution in [0.3, 0.4) is 0 Å². The van der Waals surface area contributed by atoms with Gasteiger partial charge in [-0.15, -0.1) is 0 Å². The summed E-state index contributed by atoms with van der Waals surface area (Å²) in [6.45, 7) is 0. The van der Waals surface area contributed by atoms with E-state index in [4.69, 9.17) is 45.5 Å². The number of benzene rings is 3. The molecule has 0 heterocycles. The van der Waals surface area contributed by atoms with Crippen molar-refractivity contribution in [2.45, 2.75) is 0 Å². The van der Waals surface area contributed by atoms with Gasteiger partial charge >= 0.3 is 0 Å². The highest BCUT2D eigenvalue weighted by Crippen LogP contribution is 2.35. The molecule has 6 nitrogen and oxygen atoms in total. The third-order valence-electron chi connectivity index (χ3n) is 4.27. The zero-order valence-electron chi connectivity index (χ0n) is 16.9. The average molecular weight is 473 g/mol. The summed E-state index contributed by atoms with van der Waals surface area (Å²) in [4.78, 5) is 0. The van der Waals surface area contributed by atoms with E-state index in [1.54, 1.807) is 19.2 Å². The number of rotatable bonds is 5. The lowest BCUT2D eigenvalue weighted by Crippen LogP contribution is -2.45. The monoisotopic (exact) mass is 472 g/mol. The molecule has 0 aliphatic heterocycles. The van der Waals surface area contributed by atoms with Crippen LogP contribution in [-0.4, -0.2) is 24.4 Å². The van der Waals surface area contributed by atoms with Gasteiger partial charge in [0.1, 0.15) is 11.5 Å². The Kier molecular flexibility index (Phi) is 7.88. The Morgan fingerprint density at radius 3 is 1.97 bits per heavy atom. The minimum Gasteiger partial charge on any atom is -0.495 e. The van der Waals surface area contributed by atoms with Crippen molar-refractivity contribution in [3.63, 3.8) is 0 Å². The van der Waals surface area contributed by atoms with Crippen LogP contribution in [-0.2, 0) is 0 Å². The number of nitrogens with one attached hydrogen (secondary N) is 4. The largest absolute Gasteiger partial charge is 0.495 e. The summed E-state index contributed by atoms with van der Waals surface area (Å²) in [5, 5.41) is 7.28. The fraction of sp³-hybridized carbons (Fsp3) is 0.0909. The molecule has 0 saturated heterocycles. The summed E-state index contributed by atoms with van der Waals surface area (Å²) >= 11 is 16.9. The van der Waals surface area contributed by atoms with Crippen LogP contribution in [0.1, 0.15) is 0 Å². The minimum atomic E-state index is 0.281. The molecular weight excluding hydrogens is 452 g/mol. The van der Waals surface area contributed by atoms with Gasteiger partial charge in [-0.25, -0.2) is 0 Å². The number of para-hydroxylation sites is 1. The molecule has 0 aliphatic carbocycles. The second-order valence-corrected chi connectivity index (χ2v) is 7.48. The molecule has 0 atom stereocenters. The van der Waals surface area contributed by atoms with Gasteiger partial charge in [0.2, 0.25) is 0 Å². The average Bonchev–Trinajstić information content (AvgIpc) is 2.79. The lowest BCUT2D eigenvalue weighted by Gasteiger charge is -2.18. The standard InChI is InChI=1S/C22H21ClN4O2S2/c1-28-19-13-18(20(29-2)12-16(19)23)25-22(31)27-26-21(30)24-17-11-7-6-10-15(17)14-8-4-3-5-9-14/h3-13H,1-2H3,(H2,24,26,30)(H2,25,27,31). The number of thiocarbonyl (C=S) groups is 2. The molecule has 0 aliphatic rings. The van der Waals surface area contributed by atoms with Crippen LogP contribution in [0, 0.1) is 0 Å². The number of anilines is 2. The van der Waals surface area contributed by atoms with Crippen LogP contribution in [0.4, 0.5) is 11.4 Å². The summed E-state index contributed by atoms with van der Waals surface area (Å²) in [7, 11) is 3.08. The van der Waals surface area contributed by atoms with Crippen molar-refractivity contribution in [2.24, 2.45) is 0 Å². The summed E-state index contributed by atoms with van der Waals surface area (Å²) in [6.07, 6.45) is 0. The highest BCUT2D eigenvalue weighted by molar-refractivity contribution is 7.81. The zero-order chi connectivity index (χ0) is 22.2. The van der Waals surface area contributed by atoms with Crippen molar-refractivity contribution in [1.82, 2.24) is 10.9 Å². The number of halogens is 1. The minimum absolute atomic E-state index is 0.281. The van der Waals surface area contributed by atoms with Crippen LogP contribution in [0.15, 0.2) is 66.7 Å². The number of ether oxygens (including phenoxy) is 2. The van der Waals surface area contributed by atoms with Crippen molar-refractivity contribution in [3.05, 3.63) is 71.8 Å². The topological polar surface area (TPSA) is 66.6 Å². The first-order valence-corrected chi connectivity index (χ1v) is 10.4. The summed E-state index contributed by atoms with van der Waals surface area (Å²) in [5.74, 6) is 1.02. The molecule has 0 unspecified atom stereocenters. The van der Waals surface area contributed by atoms with E-state index in [9.17, 15) is 0 Å². The Bertz CT molecular complexity index is 1080. The van der Waals surface area contributed by atoms with Crippen molar-refractivity contribution in [2.75, 3.05) is 24.9 Å². The fourth-order valence-electron chi connectivity index (χ4n) is 2.84. The third kappa shape index (κ3) is 5.97. The van der Waals surface area contributed by atoms with Crippen molar-refractivity contribution >= 4 is 57.6 Å². The van der Waals surface area contributed by atoms with E-state index < -0.39 is 0 Å². The molecule has 0 fully saturated rings. The molecule has 3 aromatic rings. The number of methoxy groups -OCH3 is 2. The van der Waals surface area contributed by atoms with E-state index in [-0.39, 0.29) is 5.11 Å². The molecule has 0 amide bonds. The predicted molar refractivity (Wildman–Crippen MR) is 135 cm³/mol. The predicted octanol–water partition coefficient (Wildman–Crippen LogP) is 5.21. The smallest absolute Gasteiger partial charge is 0.189 e. The first-order chi connectivity index (χ1) is 15.0. The summed E-state index contributed by atoms with van der Waals surface area (Å²) < 4.78 is 10.6. The molecule has 160 valence electrons. The van der Waals surface area contributed by atoms with Gasteiger partial charge in [0.05, 0.1) is 24.9 Å². The van der Waals surface area contributed by atoms with Crippen LogP contribution < -0.4 is 31.0 Å². The highest BCUT2D eigenvalue weighted by atomic mass is 35.5. The third-order valence-corrected chi connectivity index (χ3v) is 4.98. The molecule has 0 radical (unpaired) electrons. The van der Waals surface area contributed by atoms with Gasteiger partial charge in [-0.1, -0.05) is 60.1 Å². The molecule has 3 rings (SSSR count). The Hall–Kier alpha value is -3.07. The molecule has 9 heteroatoms. The molecule has 0 saturated carbocycles. The van der Waals surface area contributed by atoms with E-state index in [1.807, 2.05) is 54.6 Å². The van der Waals surface area contributed by atoms with Gasteiger partial charge in [-0.05, 0) is 36.1 Å². The van der Waals surface area contributed by atoms with Crippen LogP contribution in [0.25, 0.3) is 11.1 Å². The molecule has 0 bridgehead atoms. The first-order valence-electron chi connectivity index (χ1n) is 9.21. The van der Waals surface area contributed by atoms with Crippen LogP contribution >= 0.6 is 36.0 Å². The van der Waals surface area contributed by atoms with Crippen molar-refractivity contribution in [3.8, 4) is 22.6 Å². The Morgan fingerprint density at radius 1 is 0.742 bits per heavy atom. The SMILES string of the molecule is COc1cc(NC(=S)NNC(=S)Nc2ccccc2-c2ccccc2)c(OC)cc1Cl. The second-order valence-electron chi connectivity index (χ2n) is 6.26. The normalized spacial score (nSPS) is 10.0. The van der Waals surface area contributed by atoms with Gasteiger partial charge in [0.15, 0.2) is 10.2 Å². The molecule has 0 aromatic heterocycles. The Balaban J connectivity index is 1.62. The van der Waals surface area contributed by atoms with E-state index >= 15 is 0 Å². The van der Waals surface area contributed by atoms with Gasteiger partial charge in [0.25, 0.3) is 0 Å². The Labute approximate surface area is 196 Å². The van der Waals surface area contributed by atoms with Crippen LogP contribution in [0.2, 0.25) is 5.02 Å². The second kappa shape index (κ2) is 10.8. The number of hydrogen-bond donors (Lipinski definition) is 4. The molecule has 3 aromatic carbocycles. The van der Waals surface area contributed by atoms with Crippen molar-refractivity contribution < 1.29 is 9.47 Å². The summed E-state index contributed by atoms with van der Waals surface area (Å²) in [5.41, 5.74) is 9.31. The maximum absolute atomic E-state index is 6.13.